The van der Waals surface area contributed by atoms with Gasteiger partial charge in [0.15, 0.2) is 0 Å². The average molecular weight is 652 g/mol. The van der Waals surface area contributed by atoms with Crippen LogP contribution in [0, 0.1) is 5.41 Å². The molecule has 11 heteroatoms. The van der Waals surface area contributed by atoms with Crippen molar-refractivity contribution in [3.05, 3.63) is 76.1 Å². The first-order valence-corrected chi connectivity index (χ1v) is 18.4. The fraction of sp³-hybridized carbons (Fsp3) is 0.529. The molecular formula is C34H49N3O6Si2. The quantitative estimate of drug-likeness (QED) is 0.0854. The normalized spacial score (nSPS) is 12.8. The van der Waals surface area contributed by atoms with Crippen LogP contribution in [0.4, 0.5) is 4.79 Å². The summed E-state index contributed by atoms with van der Waals surface area (Å²) >= 11 is 0. The van der Waals surface area contributed by atoms with Gasteiger partial charge in [0, 0.05) is 35.9 Å². The van der Waals surface area contributed by atoms with Crippen molar-refractivity contribution in [3.63, 3.8) is 0 Å². The molecule has 9 nitrogen and oxygen atoms in total. The summed E-state index contributed by atoms with van der Waals surface area (Å²) in [6, 6.07) is 17.5. The molecule has 0 fully saturated rings. The number of ether oxygens (including phenoxy) is 2. The summed E-state index contributed by atoms with van der Waals surface area (Å²) in [7, 11) is 0.569. The summed E-state index contributed by atoms with van der Waals surface area (Å²) < 4.78 is 23.9. The lowest BCUT2D eigenvalue weighted by Crippen LogP contribution is -2.44. The Hall–Kier alpha value is -2.97. The molecule has 1 aromatic heterocycles. The lowest BCUT2D eigenvalue weighted by Gasteiger charge is -2.41. The Morgan fingerprint density at radius 3 is 2.24 bits per heavy atom. The molecule has 0 saturated heterocycles. The van der Waals surface area contributed by atoms with Crippen molar-refractivity contribution in [2.75, 3.05) is 19.6 Å². The lowest BCUT2D eigenvalue weighted by molar-refractivity contribution is -0.0900. The molecule has 1 amide bonds. The maximum absolute atomic E-state index is 12.5. The van der Waals surface area contributed by atoms with Crippen molar-refractivity contribution in [1.82, 2.24) is 15.6 Å². The zero-order chi connectivity index (χ0) is 32.9. The van der Waals surface area contributed by atoms with E-state index in [1.165, 1.54) is 0 Å². The number of fused-ring (bicyclic) bond motifs is 1. The molecule has 1 heterocycles. The minimum Gasteiger partial charge on any atom is -0.487 e. The van der Waals surface area contributed by atoms with E-state index in [1.807, 2.05) is 76.3 Å². The second-order valence-corrected chi connectivity index (χ2v) is 13.9. The van der Waals surface area contributed by atoms with Gasteiger partial charge in [-0.2, -0.15) is 0 Å². The maximum Gasteiger partial charge on any atom is 0.407 e. The monoisotopic (exact) mass is 651 g/mol. The Morgan fingerprint density at radius 2 is 1.58 bits per heavy atom. The first kappa shape index (κ1) is 36.5. The van der Waals surface area contributed by atoms with Crippen molar-refractivity contribution in [2.24, 2.45) is 5.41 Å². The highest BCUT2D eigenvalue weighted by Crippen LogP contribution is 2.43. The van der Waals surface area contributed by atoms with Crippen LogP contribution in [0.2, 0.25) is 13.1 Å². The molecule has 3 aromatic rings. The highest BCUT2D eigenvalue weighted by atomic mass is 28.2. The molecule has 0 bridgehead atoms. The minimum absolute atomic E-state index is 0.0133. The van der Waals surface area contributed by atoms with Crippen molar-refractivity contribution in [1.29, 1.82) is 0 Å². The molecule has 244 valence electrons. The van der Waals surface area contributed by atoms with Crippen molar-refractivity contribution in [2.45, 2.75) is 91.4 Å². The van der Waals surface area contributed by atoms with Crippen LogP contribution in [0.25, 0.3) is 10.9 Å². The zero-order valence-electron chi connectivity index (χ0n) is 27.8. The molecule has 4 radical (unpaired) electrons. The van der Waals surface area contributed by atoms with Gasteiger partial charge in [-0.3, -0.25) is 4.79 Å². The number of hydrogen-bond acceptors (Lipinski definition) is 7. The van der Waals surface area contributed by atoms with Crippen LogP contribution in [-0.4, -0.2) is 62.1 Å². The van der Waals surface area contributed by atoms with Crippen LogP contribution in [0.3, 0.4) is 0 Å². The molecule has 45 heavy (non-hydrogen) atoms. The van der Waals surface area contributed by atoms with Crippen LogP contribution in [0.5, 0.6) is 5.75 Å². The fourth-order valence-corrected chi connectivity index (χ4v) is 6.42. The number of nitrogens with one attached hydrogen (secondary N) is 3. The van der Waals surface area contributed by atoms with Crippen LogP contribution < -0.4 is 20.9 Å². The summed E-state index contributed by atoms with van der Waals surface area (Å²) in [6.07, 6.45) is 2.03. The number of amides is 1. The standard InChI is InChI=1S/C34H49N3O6Si2/c1-33(2,3)41-32(39)36-21-13-9-12-20-35-22-27(34(4,5)31(42-44-6)43-45-7)25-16-18-28(30-26(25)17-19-29(38)37-30)40-23-24-14-10-8-11-15-24/h8,10-11,14-19,27,31,35H,9,12-13,20-23H2,1-7H3,(H,36,39)(H,37,38)/t27-/m1/s1. The predicted octanol–water partition coefficient (Wildman–Crippen LogP) is 6.20. The number of carbonyl (C=O) groups is 1. The average Bonchev–Trinajstić information content (AvgIpc) is 2.98. The van der Waals surface area contributed by atoms with Gasteiger partial charge in [0.25, 0.3) is 0 Å². The highest BCUT2D eigenvalue weighted by molar-refractivity contribution is 6.26. The molecule has 0 saturated carbocycles. The Kier molecular flexibility index (Phi) is 14.3. The van der Waals surface area contributed by atoms with E-state index in [2.05, 4.69) is 35.5 Å². The number of H-pyrrole nitrogens is 1. The van der Waals surface area contributed by atoms with E-state index in [9.17, 15) is 9.59 Å². The SMILES string of the molecule is C[Si]OC(O[Si]C)C(C)(C)[C@H](CNCCCCCNC(=O)OC(C)(C)C)c1ccc(OCc2ccccc2)c2[nH]c(=O)ccc12. The number of rotatable bonds is 18. The molecule has 1 atom stereocenters. The third-order valence-electron chi connectivity index (χ3n) is 7.51. The summed E-state index contributed by atoms with van der Waals surface area (Å²) in [6.45, 7) is 16.4. The van der Waals surface area contributed by atoms with Crippen molar-refractivity contribution in [3.8, 4) is 5.75 Å². The molecule has 3 N–H and O–H groups in total. The first-order chi connectivity index (χ1) is 21.5. The predicted molar refractivity (Wildman–Crippen MR) is 182 cm³/mol. The summed E-state index contributed by atoms with van der Waals surface area (Å²) in [5.41, 5.74) is 1.73. The Bertz CT molecular complexity index is 1390. The van der Waals surface area contributed by atoms with Crippen LogP contribution in [0.1, 0.15) is 70.9 Å². The van der Waals surface area contributed by atoms with E-state index >= 15 is 0 Å². The van der Waals surface area contributed by atoms with Crippen molar-refractivity contribution < 1.29 is 23.1 Å². The number of benzene rings is 2. The molecule has 0 aliphatic carbocycles. The number of unbranched alkanes of at least 4 members (excludes halogenated alkanes) is 2. The van der Waals surface area contributed by atoms with E-state index in [-0.39, 0.29) is 37.1 Å². The van der Waals surface area contributed by atoms with Crippen LogP contribution in [0.15, 0.2) is 59.4 Å². The van der Waals surface area contributed by atoms with E-state index in [0.29, 0.717) is 31.0 Å². The third-order valence-corrected chi connectivity index (χ3v) is 8.41. The third kappa shape index (κ3) is 11.4. The van der Waals surface area contributed by atoms with Crippen molar-refractivity contribution >= 4 is 36.5 Å². The van der Waals surface area contributed by atoms with Crippen LogP contribution >= 0.6 is 0 Å². The topological polar surface area (TPSA) is 111 Å². The van der Waals surface area contributed by atoms with Gasteiger partial charge >= 0.3 is 6.09 Å². The highest BCUT2D eigenvalue weighted by Gasteiger charge is 2.40. The van der Waals surface area contributed by atoms with Gasteiger partial charge in [-0.25, -0.2) is 4.79 Å². The van der Waals surface area contributed by atoms with E-state index in [4.69, 9.17) is 18.3 Å². The Balaban J connectivity index is 1.78. The molecule has 0 aliphatic heterocycles. The number of alkyl carbamates (subject to hydrolysis) is 1. The largest absolute Gasteiger partial charge is 0.487 e. The summed E-state index contributed by atoms with van der Waals surface area (Å²) in [5.74, 6) is 0.620. The number of aromatic amines is 1. The zero-order valence-corrected chi connectivity index (χ0v) is 29.8. The molecule has 0 unspecified atom stereocenters. The van der Waals surface area contributed by atoms with Gasteiger partial charge in [-0.15, -0.1) is 0 Å². The van der Waals surface area contributed by atoms with Gasteiger partial charge in [0.05, 0.1) is 5.52 Å². The maximum atomic E-state index is 12.5. The number of hydrogen-bond donors (Lipinski definition) is 3. The molecule has 2 aromatic carbocycles. The number of pyridine rings is 1. The Morgan fingerprint density at radius 1 is 0.889 bits per heavy atom. The first-order valence-electron chi connectivity index (χ1n) is 15.6. The number of carbonyl (C=O) groups excluding carboxylic acids is 1. The second kappa shape index (κ2) is 17.7. The molecule has 3 rings (SSSR count). The van der Waals surface area contributed by atoms with Gasteiger partial charge < -0.3 is 33.9 Å². The summed E-state index contributed by atoms with van der Waals surface area (Å²) in [4.78, 5) is 27.4. The van der Waals surface area contributed by atoms with Gasteiger partial charge in [0.2, 0.25) is 25.1 Å². The van der Waals surface area contributed by atoms with E-state index in [1.54, 1.807) is 6.07 Å². The lowest BCUT2D eigenvalue weighted by atomic mass is 9.73. The van der Waals surface area contributed by atoms with Gasteiger partial charge in [0.1, 0.15) is 24.2 Å². The summed E-state index contributed by atoms with van der Waals surface area (Å²) in [5, 5.41) is 7.44. The minimum atomic E-state index is -0.501. The molecule has 0 aliphatic rings. The fourth-order valence-electron chi connectivity index (χ4n) is 5.19. The Labute approximate surface area is 273 Å². The molecule has 0 spiro atoms. The van der Waals surface area contributed by atoms with Crippen LogP contribution in [-0.2, 0) is 20.2 Å². The van der Waals surface area contributed by atoms with E-state index in [0.717, 1.165) is 42.3 Å². The smallest absolute Gasteiger partial charge is 0.407 e. The second-order valence-electron chi connectivity index (χ2n) is 12.6. The van der Waals surface area contributed by atoms with Gasteiger partial charge in [-0.1, -0.05) is 56.7 Å². The number of aromatic nitrogens is 1. The molecular weight excluding hydrogens is 603 g/mol. The van der Waals surface area contributed by atoms with Gasteiger partial charge in [-0.05, 0) is 76.5 Å². The van der Waals surface area contributed by atoms with E-state index < -0.39 is 17.3 Å².